The van der Waals surface area contributed by atoms with Crippen LogP contribution in [-0.4, -0.2) is 11.9 Å². The van der Waals surface area contributed by atoms with E-state index < -0.39 is 5.97 Å². The quantitative estimate of drug-likeness (QED) is 0.305. The number of nitrogens with zero attached hydrogens (tertiary/aromatic N) is 1. The first-order chi connectivity index (χ1) is 13.2. The summed E-state index contributed by atoms with van der Waals surface area (Å²) < 4.78 is 17.5. The fraction of sp³-hybridized carbons (Fsp3) is 0.0476. The third kappa shape index (κ3) is 3.95. The molecule has 0 atom stereocenters. The molecule has 0 saturated carbocycles. The van der Waals surface area contributed by atoms with Gasteiger partial charge >= 0.3 is 5.97 Å². The molecule has 0 saturated heterocycles. The normalized spacial score (nSPS) is 14.9. The van der Waals surface area contributed by atoms with Gasteiger partial charge in [0.05, 0.1) is 6.26 Å². The molecule has 0 unspecified atom stereocenters. The molecule has 5 nitrogen and oxygen atoms in total. The second-order valence-corrected chi connectivity index (χ2v) is 6.89. The Labute approximate surface area is 169 Å². The molecule has 6 heteroatoms. The van der Waals surface area contributed by atoms with Crippen LogP contribution >= 0.6 is 22.6 Å². The first kappa shape index (κ1) is 17.5. The maximum Gasteiger partial charge on any atom is 0.363 e. The van der Waals surface area contributed by atoms with E-state index in [1.165, 1.54) is 6.26 Å². The number of hydrogen-bond acceptors (Lipinski definition) is 5. The second-order valence-electron chi connectivity index (χ2n) is 5.73. The van der Waals surface area contributed by atoms with Crippen molar-refractivity contribution >= 4 is 40.5 Å². The van der Waals surface area contributed by atoms with Crippen molar-refractivity contribution in [2.24, 2.45) is 4.99 Å². The molecule has 0 bridgehead atoms. The van der Waals surface area contributed by atoms with Crippen LogP contribution in [0.3, 0.4) is 0 Å². The second kappa shape index (κ2) is 7.79. The van der Waals surface area contributed by atoms with Crippen molar-refractivity contribution in [2.45, 2.75) is 6.61 Å². The molecule has 0 spiro atoms. The largest absolute Gasteiger partial charge is 0.488 e. The Hall–Kier alpha value is -2.87. The SMILES string of the molecule is O=C1OC(c2ccco2)=N/C1=C\c1ccccc1OCc1ccccc1I. The predicted molar refractivity (Wildman–Crippen MR) is 109 cm³/mol. The molecule has 0 N–H and O–H groups in total. The van der Waals surface area contributed by atoms with E-state index in [1.54, 1.807) is 18.2 Å². The van der Waals surface area contributed by atoms with Crippen LogP contribution in [0.15, 0.2) is 82.0 Å². The summed E-state index contributed by atoms with van der Waals surface area (Å²) in [5, 5.41) is 0. The molecule has 4 rings (SSSR count). The van der Waals surface area contributed by atoms with Crippen LogP contribution in [0.25, 0.3) is 6.08 Å². The summed E-state index contributed by atoms with van der Waals surface area (Å²) in [6.45, 7) is 0.435. The van der Waals surface area contributed by atoms with Gasteiger partial charge < -0.3 is 13.9 Å². The van der Waals surface area contributed by atoms with E-state index in [1.807, 2.05) is 48.5 Å². The number of esters is 1. The van der Waals surface area contributed by atoms with Crippen molar-refractivity contribution in [1.82, 2.24) is 0 Å². The lowest BCUT2D eigenvalue weighted by Gasteiger charge is -2.10. The summed E-state index contributed by atoms with van der Waals surface area (Å²) >= 11 is 2.28. The third-order valence-corrected chi connectivity index (χ3v) is 4.96. The Morgan fingerprint density at radius 2 is 1.85 bits per heavy atom. The summed E-state index contributed by atoms with van der Waals surface area (Å²) in [4.78, 5) is 16.4. The summed E-state index contributed by atoms with van der Waals surface area (Å²) in [5.41, 5.74) is 2.05. The molecular weight excluding hydrogens is 457 g/mol. The minimum absolute atomic E-state index is 0.161. The van der Waals surface area contributed by atoms with E-state index in [0.29, 0.717) is 18.1 Å². The molecule has 3 aromatic rings. The molecular formula is C21H14INO4. The van der Waals surface area contributed by atoms with Gasteiger partial charge in [-0.25, -0.2) is 9.79 Å². The number of rotatable bonds is 5. The minimum Gasteiger partial charge on any atom is -0.488 e. The Morgan fingerprint density at radius 1 is 1.04 bits per heavy atom. The predicted octanol–water partition coefficient (Wildman–Crippen LogP) is 4.81. The highest BCUT2D eigenvalue weighted by molar-refractivity contribution is 14.1. The first-order valence-corrected chi connectivity index (χ1v) is 9.30. The molecule has 0 fully saturated rings. The zero-order valence-electron chi connectivity index (χ0n) is 14.1. The van der Waals surface area contributed by atoms with E-state index in [2.05, 4.69) is 27.6 Å². The van der Waals surface area contributed by atoms with Gasteiger partial charge in [-0.1, -0.05) is 36.4 Å². The summed E-state index contributed by atoms with van der Waals surface area (Å²) in [6.07, 6.45) is 3.16. The molecule has 0 radical (unpaired) electrons. The van der Waals surface area contributed by atoms with Crippen LogP contribution < -0.4 is 4.74 Å². The Kier molecular flexibility index (Phi) is 5.06. The fourth-order valence-electron chi connectivity index (χ4n) is 2.56. The van der Waals surface area contributed by atoms with Gasteiger partial charge in [0.2, 0.25) is 0 Å². The van der Waals surface area contributed by atoms with Crippen molar-refractivity contribution in [1.29, 1.82) is 0 Å². The number of hydrogen-bond donors (Lipinski definition) is 0. The zero-order valence-corrected chi connectivity index (χ0v) is 16.3. The van der Waals surface area contributed by atoms with Crippen LogP contribution in [-0.2, 0) is 16.1 Å². The molecule has 27 heavy (non-hydrogen) atoms. The summed E-state index contributed by atoms with van der Waals surface area (Å²) in [7, 11) is 0. The van der Waals surface area contributed by atoms with Crippen LogP contribution in [0.4, 0.5) is 0 Å². The number of aliphatic imine (C=N–C) groups is 1. The van der Waals surface area contributed by atoms with Crippen LogP contribution in [0.2, 0.25) is 0 Å². The van der Waals surface area contributed by atoms with E-state index in [4.69, 9.17) is 13.9 Å². The average Bonchev–Trinajstić information content (AvgIpc) is 3.33. The molecule has 0 amide bonds. The highest BCUT2D eigenvalue weighted by atomic mass is 127. The van der Waals surface area contributed by atoms with E-state index in [-0.39, 0.29) is 11.6 Å². The minimum atomic E-state index is -0.520. The summed E-state index contributed by atoms with van der Waals surface area (Å²) in [5.74, 6) is 0.719. The number of cyclic esters (lactones) is 1. The Morgan fingerprint density at radius 3 is 2.67 bits per heavy atom. The van der Waals surface area contributed by atoms with Crippen LogP contribution in [0.1, 0.15) is 16.9 Å². The lowest BCUT2D eigenvalue weighted by atomic mass is 10.1. The summed E-state index contributed by atoms with van der Waals surface area (Å²) in [6, 6.07) is 18.9. The molecule has 1 aromatic heterocycles. The number of furan rings is 1. The van der Waals surface area contributed by atoms with E-state index in [0.717, 1.165) is 14.7 Å². The van der Waals surface area contributed by atoms with Crippen molar-refractivity contribution in [3.05, 3.63) is 93.1 Å². The highest BCUT2D eigenvalue weighted by Crippen LogP contribution is 2.26. The van der Waals surface area contributed by atoms with Crippen molar-refractivity contribution < 1.29 is 18.7 Å². The maximum absolute atomic E-state index is 12.1. The molecule has 1 aliphatic heterocycles. The monoisotopic (exact) mass is 471 g/mol. The lowest BCUT2D eigenvalue weighted by molar-refractivity contribution is -0.130. The number of benzene rings is 2. The third-order valence-electron chi connectivity index (χ3n) is 3.90. The molecule has 2 heterocycles. The number of carbonyl (C=O) groups excluding carboxylic acids is 1. The maximum atomic E-state index is 12.1. The first-order valence-electron chi connectivity index (χ1n) is 8.22. The number of para-hydroxylation sites is 1. The lowest BCUT2D eigenvalue weighted by Crippen LogP contribution is -2.04. The number of carbonyl (C=O) groups is 1. The smallest absolute Gasteiger partial charge is 0.363 e. The highest BCUT2D eigenvalue weighted by Gasteiger charge is 2.26. The molecule has 134 valence electrons. The van der Waals surface area contributed by atoms with Gasteiger partial charge in [-0.2, -0.15) is 0 Å². The van der Waals surface area contributed by atoms with Gasteiger partial charge in [-0.05, 0) is 52.9 Å². The molecule has 0 aliphatic carbocycles. The van der Waals surface area contributed by atoms with Gasteiger partial charge in [0.25, 0.3) is 5.90 Å². The van der Waals surface area contributed by atoms with Gasteiger partial charge in [0.15, 0.2) is 11.5 Å². The van der Waals surface area contributed by atoms with Crippen molar-refractivity contribution in [3.8, 4) is 5.75 Å². The topological polar surface area (TPSA) is 61.0 Å². The number of ether oxygens (including phenoxy) is 2. The Balaban J connectivity index is 1.59. The molecule has 1 aliphatic rings. The van der Waals surface area contributed by atoms with Gasteiger partial charge in [0, 0.05) is 14.7 Å². The van der Waals surface area contributed by atoms with E-state index >= 15 is 0 Å². The van der Waals surface area contributed by atoms with Gasteiger partial charge in [-0.15, -0.1) is 0 Å². The van der Waals surface area contributed by atoms with Gasteiger partial charge in [0.1, 0.15) is 12.4 Å². The standard InChI is InChI=1S/C21H14INO4/c22-16-8-3-1-7-15(16)13-26-18-9-4-2-6-14(18)12-17-21(24)27-20(23-17)19-10-5-11-25-19/h1-12H,13H2/b17-12-. The van der Waals surface area contributed by atoms with Crippen LogP contribution in [0, 0.1) is 3.57 Å². The van der Waals surface area contributed by atoms with Crippen molar-refractivity contribution in [3.63, 3.8) is 0 Å². The van der Waals surface area contributed by atoms with Crippen molar-refractivity contribution in [2.75, 3.05) is 0 Å². The van der Waals surface area contributed by atoms with Crippen LogP contribution in [0.5, 0.6) is 5.75 Å². The average molecular weight is 471 g/mol. The fourth-order valence-corrected chi connectivity index (χ4v) is 3.11. The number of halogens is 1. The zero-order chi connectivity index (χ0) is 18.6. The molecule has 2 aromatic carbocycles. The van der Waals surface area contributed by atoms with Gasteiger partial charge in [-0.3, -0.25) is 0 Å². The Bertz CT molecular complexity index is 1040. The van der Waals surface area contributed by atoms with E-state index in [9.17, 15) is 4.79 Å².